The highest BCUT2D eigenvalue weighted by Gasteiger charge is 2.29. The third-order valence-corrected chi connectivity index (χ3v) is 4.12. The van der Waals surface area contributed by atoms with Crippen LogP contribution in [0.1, 0.15) is 38.1 Å². The van der Waals surface area contributed by atoms with Crippen molar-refractivity contribution in [2.75, 3.05) is 6.54 Å². The van der Waals surface area contributed by atoms with Crippen LogP contribution in [0, 0.1) is 5.92 Å². The SMILES string of the molecule is CCc1cc(CN2CCC(C(=O)O)CC2C)n(C)n1. The summed E-state index contributed by atoms with van der Waals surface area (Å²) < 4.78 is 1.94. The number of piperidine rings is 1. The van der Waals surface area contributed by atoms with Gasteiger partial charge in [0.2, 0.25) is 0 Å². The van der Waals surface area contributed by atoms with Gasteiger partial charge in [-0.3, -0.25) is 14.4 Å². The van der Waals surface area contributed by atoms with Crippen LogP contribution in [-0.2, 0) is 24.8 Å². The lowest BCUT2D eigenvalue weighted by atomic mass is 9.91. The third-order valence-electron chi connectivity index (χ3n) is 4.12. The van der Waals surface area contributed by atoms with E-state index in [2.05, 4.69) is 29.9 Å². The van der Waals surface area contributed by atoms with E-state index in [0.29, 0.717) is 6.04 Å². The summed E-state index contributed by atoms with van der Waals surface area (Å²) in [5.74, 6) is -0.829. The smallest absolute Gasteiger partial charge is 0.306 e. The van der Waals surface area contributed by atoms with E-state index in [0.717, 1.165) is 38.0 Å². The fourth-order valence-electron chi connectivity index (χ4n) is 2.78. The largest absolute Gasteiger partial charge is 0.481 e. The molecule has 5 heteroatoms. The Morgan fingerprint density at radius 2 is 2.32 bits per heavy atom. The Morgan fingerprint density at radius 1 is 1.58 bits per heavy atom. The highest BCUT2D eigenvalue weighted by molar-refractivity contribution is 5.70. The van der Waals surface area contributed by atoms with Crippen LogP contribution in [-0.4, -0.2) is 38.3 Å². The second-order valence-electron chi connectivity index (χ2n) is 5.48. The Kier molecular flexibility index (Phi) is 4.24. The van der Waals surface area contributed by atoms with Gasteiger partial charge in [0.15, 0.2) is 0 Å². The van der Waals surface area contributed by atoms with Gasteiger partial charge in [-0.25, -0.2) is 0 Å². The van der Waals surface area contributed by atoms with Gasteiger partial charge in [-0.2, -0.15) is 5.10 Å². The van der Waals surface area contributed by atoms with Crippen LogP contribution < -0.4 is 0 Å². The van der Waals surface area contributed by atoms with Crippen LogP contribution in [0.25, 0.3) is 0 Å². The van der Waals surface area contributed by atoms with Crippen LogP contribution in [0.15, 0.2) is 6.07 Å². The number of carbonyl (C=O) groups is 1. The fourth-order valence-corrected chi connectivity index (χ4v) is 2.78. The van der Waals surface area contributed by atoms with Crippen molar-refractivity contribution >= 4 is 5.97 Å². The molecule has 106 valence electrons. The molecule has 1 aliphatic rings. The standard InChI is InChI=1S/C14H23N3O2/c1-4-12-8-13(16(3)15-12)9-17-6-5-11(14(18)19)7-10(17)2/h8,10-11H,4-7,9H2,1-3H3,(H,18,19). The number of likely N-dealkylation sites (tertiary alicyclic amines) is 1. The summed E-state index contributed by atoms with van der Waals surface area (Å²) >= 11 is 0. The topological polar surface area (TPSA) is 58.4 Å². The van der Waals surface area contributed by atoms with Gasteiger partial charge in [-0.05, 0) is 38.8 Å². The second kappa shape index (κ2) is 5.74. The van der Waals surface area contributed by atoms with Gasteiger partial charge in [0.1, 0.15) is 0 Å². The zero-order chi connectivity index (χ0) is 14.0. The number of aryl methyl sites for hydroxylation is 2. The summed E-state index contributed by atoms with van der Waals surface area (Å²) in [4.78, 5) is 13.4. The first kappa shape index (κ1) is 14.1. The lowest BCUT2D eigenvalue weighted by Gasteiger charge is -2.36. The predicted molar refractivity (Wildman–Crippen MR) is 72.8 cm³/mol. The van der Waals surface area contributed by atoms with E-state index < -0.39 is 5.97 Å². The zero-order valence-corrected chi connectivity index (χ0v) is 12.0. The molecule has 0 radical (unpaired) electrons. The Balaban J connectivity index is 2.00. The normalized spacial score (nSPS) is 24.6. The van der Waals surface area contributed by atoms with Crippen molar-refractivity contribution in [3.05, 3.63) is 17.5 Å². The van der Waals surface area contributed by atoms with E-state index in [1.54, 1.807) is 0 Å². The number of aliphatic carboxylic acids is 1. The van der Waals surface area contributed by atoms with Gasteiger partial charge in [0.25, 0.3) is 0 Å². The molecule has 0 aromatic carbocycles. The van der Waals surface area contributed by atoms with Crippen LogP contribution in [0.2, 0.25) is 0 Å². The first-order valence-electron chi connectivity index (χ1n) is 7.00. The maximum absolute atomic E-state index is 11.0. The highest BCUT2D eigenvalue weighted by atomic mass is 16.4. The van der Waals surface area contributed by atoms with Gasteiger partial charge in [-0.15, -0.1) is 0 Å². The Hall–Kier alpha value is -1.36. The van der Waals surface area contributed by atoms with Crippen molar-refractivity contribution in [1.82, 2.24) is 14.7 Å². The molecule has 2 atom stereocenters. The van der Waals surface area contributed by atoms with Crippen molar-refractivity contribution in [3.8, 4) is 0 Å². The molecule has 19 heavy (non-hydrogen) atoms. The number of rotatable bonds is 4. The molecule has 2 rings (SSSR count). The van der Waals surface area contributed by atoms with Gasteiger partial charge < -0.3 is 5.11 Å². The Labute approximate surface area is 114 Å². The first-order chi connectivity index (χ1) is 9.01. The maximum Gasteiger partial charge on any atom is 0.306 e. The van der Waals surface area contributed by atoms with Crippen molar-refractivity contribution in [2.24, 2.45) is 13.0 Å². The molecule has 1 aromatic heterocycles. The molecule has 0 bridgehead atoms. The highest BCUT2D eigenvalue weighted by Crippen LogP contribution is 2.24. The Morgan fingerprint density at radius 3 is 2.84 bits per heavy atom. The van der Waals surface area contributed by atoms with Gasteiger partial charge in [-0.1, -0.05) is 6.92 Å². The molecule has 1 aromatic rings. The number of nitrogens with zero attached hydrogens (tertiary/aromatic N) is 3. The van der Waals surface area contributed by atoms with E-state index >= 15 is 0 Å². The molecule has 1 N–H and O–H groups in total. The average molecular weight is 265 g/mol. The molecule has 0 saturated carbocycles. The number of carboxylic acids is 1. The molecule has 2 heterocycles. The molecule has 0 amide bonds. The van der Waals surface area contributed by atoms with Crippen LogP contribution in [0.4, 0.5) is 0 Å². The van der Waals surface area contributed by atoms with E-state index in [1.165, 1.54) is 5.69 Å². The molecule has 1 aliphatic heterocycles. The summed E-state index contributed by atoms with van der Waals surface area (Å²) in [6.07, 6.45) is 2.44. The quantitative estimate of drug-likeness (QED) is 0.899. The molecule has 0 aliphatic carbocycles. The summed E-state index contributed by atoms with van der Waals surface area (Å²) in [7, 11) is 1.98. The van der Waals surface area contributed by atoms with E-state index in [9.17, 15) is 4.79 Å². The van der Waals surface area contributed by atoms with Crippen molar-refractivity contribution < 1.29 is 9.90 Å². The predicted octanol–water partition coefficient (Wildman–Crippen LogP) is 1.67. The third kappa shape index (κ3) is 3.15. The molecular formula is C14H23N3O2. The lowest BCUT2D eigenvalue weighted by Crippen LogP contribution is -2.42. The summed E-state index contributed by atoms with van der Waals surface area (Å²) in [6, 6.07) is 2.46. The Bertz CT molecular complexity index is 456. The minimum absolute atomic E-state index is 0.177. The molecule has 2 unspecified atom stereocenters. The summed E-state index contributed by atoms with van der Waals surface area (Å²) in [5, 5.41) is 13.5. The summed E-state index contributed by atoms with van der Waals surface area (Å²) in [5.41, 5.74) is 2.32. The number of hydrogen-bond acceptors (Lipinski definition) is 3. The van der Waals surface area contributed by atoms with E-state index in [-0.39, 0.29) is 5.92 Å². The van der Waals surface area contributed by atoms with Gasteiger partial charge in [0.05, 0.1) is 17.3 Å². The maximum atomic E-state index is 11.0. The number of carboxylic acid groups (broad SMARTS) is 1. The molecule has 0 spiro atoms. The molecule has 1 fully saturated rings. The summed E-state index contributed by atoms with van der Waals surface area (Å²) in [6.45, 7) is 5.93. The van der Waals surface area contributed by atoms with Crippen LogP contribution in [0.3, 0.4) is 0 Å². The van der Waals surface area contributed by atoms with E-state index in [4.69, 9.17) is 5.11 Å². The average Bonchev–Trinajstić information content (AvgIpc) is 2.72. The molecular weight excluding hydrogens is 242 g/mol. The van der Waals surface area contributed by atoms with Crippen LogP contribution >= 0.6 is 0 Å². The van der Waals surface area contributed by atoms with Crippen molar-refractivity contribution in [1.29, 1.82) is 0 Å². The first-order valence-corrected chi connectivity index (χ1v) is 7.00. The van der Waals surface area contributed by atoms with Gasteiger partial charge in [0, 0.05) is 19.6 Å². The minimum atomic E-state index is -0.652. The lowest BCUT2D eigenvalue weighted by molar-refractivity contribution is -0.144. The second-order valence-corrected chi connectivity index (χ2v) is 5.48. The van der Waals surface area contributed by atoms with Gasteiger partial charge >= 0.3 is 5.97 Å². The molecule has 1 saturated heterocycles. The molecule has 5 nitrogen and oxygen atoms in total. The van der Waals surface area contributed by atoms with Crippen LogP contribution in [0.5, 0.6) is 0 Å². The number of hydrogen-bond donors (Lipinski definition) is 1. The van der Waals surface area contributed by atoms with Crippen molar-refractivity contribution in [3.63, 3.8) is 0 Å². The minimum Gasteiger partial charge on any atom is -0.481 e. The van der Waals surface area contributed by atoms with Crippen molar-refractivity contribution in [2.45, 2.75) is 45.7 Å². The zero-order valence-electron chi connectivity index (χ0n) is 12.0. The monoisotopic (exact) mass is 265 g/mol. The fraction of sp³-hybridized carbons (Fsp3) is 0.714. The van der Waals surface area contributed by atoms with E-state index in [1.807, 2.05) is 11.7 Å². The number of aromatic nitrogens is 2.